The SMILES string of the molecule is CCC(C)N1CC(C)(C)CN(C)C(CNC)C1=O. The molecular weight excluding hydrogens is 226 g/mol. The smallest absolute Gasteiger partial charge is 0.241 e. The lowest BCUT2D eigenvalue weighted by molar-refractivity contribution is -0.137. The average Bonchev–Trinajstić information content (AvgIpc) is 2.37. The lowest BCUT2D eigenvalue weighted by atomic mass is 9.92. The van der Waals surface area contributed by atoms with Crippen LogP contribution in [-0.4, -0.2) is 61.5 Å². The van der Waals surface area contributed by atoms with Gasteiger partial charge in [0.1, 0.15) is 6.04 Å². The molecule has 106 valence electrons. The number of rotatable bonds is 4. The number of amides is 1. The van der Waals surface area contributed by atoms with Crippen molar-refractivity contribution in [1.82, 2.24) is 15.1 Å². The number of hydrogen-bond acceptors (Lipinski definition) is 3. The predicted octanol–water partition coefficient (Wildman–Crippen LogP) is 1.17. The molecule has 0 radical (unpaired) electrons. The summed E-state index contributed by atoms with van der Waals surface area (Å²) in [7, 11) is 3.96. The summed E-state index contributed by atoms with van der Waals surface area (Å²) < 4.78 is 0. The van der Waals surface area contributed by atoms with Crippen LogP contribution in [0.2, 0.25) is 0 Å². The molecule has 1 fully saturated rings. The first kappa shape index (κ1) is 15.4. The summed E-state index contributed by atoms with van der Waals surface area (Å²) in [6.45, 7) is 11.3. The van der Waals surface area contributed by atoms with Gasteiger partial charge in [-0.25, -0.2) is 0 Å². The third kappa shape index (κ3) is 3.45. The lowest BCUT2D eigenvalue weighted by Crippen LogP contribution is -2.51. The molecule has 0 aromatic rings. The normalized spacial score (nSPS) is 27.1. The van der Waals surface area contributed by atoms with Gasteiger partial charge in [-0.2, -0.15) is 0 Å². The van der Waals surface area contributed by atoms with Crippen LogP contribution in [0.15, 0.2) is 0 Å². The van der Waals surface area contributed by atoms with Crippen molar-refractivity contribution in [2.24, 2.45) is 5.41 Å². The molecule has 1 amide bonds. The Labute approximate surface area is 112 Å². The van der Waals surface area contributed by atoms with Crippen LogP contribution in [0.25, 0.3) is 0 Å². The Hall–Kier alpha value is -0.610. The Morgan fingerprint density at radius 1 is 1.44 bits per heavy atom. The molecule has 0 aromatic heterocycles. The summed E-state index contributed by atoms with van der Waals surface area (Å²) in [5.41, 5.74) is 0.149. The summed E-state index contributed by atoms with van der Waals surface area (Å²) in [6.07, 6.45) is 1.01. The Balaban J connectivity index is 2.99. The van der Waals surface area contributed by atoms with E-state index in [1.54, 1.807) is 0 Å². The molecule has 0 aromatic carbocycles. The molecule has 1 saturated heterocycles. The molecule has 1 aliphatic rings. The minimum Gasteiger partial charge on any atom is -0.338 e. The summed E-state index contributed by atoms with van der Waals surface area (Å²) >= 11 is 0. The fourth-order valence-corrected chi connectivity index (χ4v) is 2.78. The van der Waals surface area contributed by atoms with Crippen molar-refractivity contribution < 1.29 is 4.79 Å². The molecule has 18 heavy (non-hydrogen) atoms. The Kier molecular flexibility index (Phi) is 5.17. The van der Waals surface area contributed by atoms with Crippen LogP contribution in [0.5, 0.6) is 0 Å². The van der Waals surface area contributed by atoms with Gasteiger partial charge in [-0.3, -0.25) is 9.69 Å². The van der Waals surface area contributed by atoms with E-state index in [0.717, 1.165) is 26.1 Å². The largest absolute Gasteiger partial charge is 0.338 e. The van der Waals surface area contributed by atoms with E-state index in [-0.39, 0.29) is 17.4 Å². The van der Waals surface area contributed by atoms with Crippen molar-refractivity contribution in [3.63, 3.8) is 0 Å². The summed E-state index contributed by atoms with van der Waals surface area (Å²) in [4.78, 5) is 16.9. The zero-order chi connectivity index (χ0) is 13.9. The molecule has 2 unspecified atom stereocenters. The maximum Gasteiger partial charge on any atom is 0.241 e. The molecule has 1 rings (SSSR count). The number of nitrogens with one attached hydrogen (secondary N) is 1. The minimum absolute atomic E-state index is 0.0363. The molecule has 0 saturated carbocycles. The highest BCUT2D eigenvalue weighted by Crippen LogP contribution is 2.26. The molecule has 0 spiro atoms. The van der Waals surface area contributed by atoms with E-state index in [4.69, 9.17) is 0 Å². The van der Waals surface area contributed by atoms with E-state index in [1.807, 2.05) is 7.05 Å². The van der Waals surface area contributed by atoms with Crippen LogP contribution < -0.4 is 5.32 Å². The monoisotopic (exact) mass is 255 g/mol. The summed E-state index contributed by atoms with van der Waals surface area (Å²) in [5.74, 6) is 0.270. The second-order valence-electron chi connectivity index (χ2n) is 6.38. The maximum atomic E-state index is 12.7. The number of nitrogens with zero attached hydrogens (tertiary/aromatic N) is 2. The second kappa shape index (κ2) is 6.02. The molecule has 4 heteroatoms. The fraction of sp³-hybridized carbons (Fsp3) is 0.929. The summed E-state index contributed by atoms with van der Waals surface area (Å²) in [6, 6.07) is 0.286. The van der Waals surface area contributed by atoms with Gasteiger partial charge in [0.05, 0.1) is 0 Å². The Morgan fingerprint density at radius 3 is 2.56 bits per heavy atom. The first-order valence-electron chi connectivity index (χ1n) is 6.97. The summed E-state index contributed by atoms with van der Waals surface area (Å²) in [5, 5.41) is 3.14. The van der Waals surface area contributed by atoms with Crippen LogP contribution in [0.3, 0.4) is 0 Å². The Bertz CT molecular complexity index is 291. The van der Waals surface area contributed by atoms with Crippen LogP contribution in [0.4, 0.5) is 0 Å². The topological polar surface area (TPSA) is 35.6 Å². The zero-order valence-corrected chi connectivity index (χ0v) is 12.8. The molecule has 2 atom stereocenters. The van der Waals surface area contributed by atoms with Gasteiger partial charge in [0, 0.05) is 25.7 Å². The van der Waals surface area contributed by atoms with Gasteiger partial charge in [0.25, 0.3) is 0 Å². The quantitative estimate of drug-likeness (QED) is 0.819. The van der Waals surface area contributed by atoms with E-state index in [2.05, 4.69) is 49.9 Å². The molecule has 1 aliphatic heterocycles. The molecular formula is C14H29N3O. The molecule has 1 heterocycles. The van der Waals surface area contributed by atoms with E-state index >= 15 is 0 Å². The number of carbonyl (C=O) groups excluding carboxylic acids is 1. The van der Waals surface area contributed by atoms with E-state index < -0.39 is 0 Å². The van der Waals surface area contributed by atoms with Gasteiger partial charge in [-0.15, -0.1) is 0 Å². The third-order valence-corrected chi connectivity index (χ3v) is 3.90. The number of likely N-dealkylation sites (N-methyl/N-ethyl adjacent to an activating group) is 2. The third-order valence-electron chi connectivity index (χ3n) is 3.90. The van der Waals surface area contributed by atoms with Gasteiger partial charge >= 0.3 is 0 Å². The first-order valence-corrected chi connectivity index (χ1v) is 6.97. The number of carbonyl (C=O) groups is 1. The van der Waals surface area contributed by atoms with E-state index in [1.165, 1.54) is 0 Å². The standard InChI is InChI=1S/C14H29N3O/c1-7-11(2)17-10-14(3,4)9-16(6)12(8-15-5)13(17)18/h11-12,15H,7-10H2,1-6H3. The lowest BCUT2D eigenvalue weighted by Gasteiger charge is -2.33. The van der Waals surface area contributed by atoms with Crippen molar-refractivity contribution in [3.05, 3.63) is 0 Å². The van der Waals surface area contributed by atoms with Gasteiger partial charge in [-0.05, 0) is 32.9 Å². The van der Waals surface area contributed by atoms with Gasteiger partial charge < -0.3 is 10.2 Å². The predicted molar refractivity (Wildman–Crippen MR) is 75.6 cm³/mol. The molecule has 0 aliphatic carbocycles. The van der Waals surface area contributed by atoms with Crippen LogP contribution >= 0.6 is 0 Å². The van der Waals surface area contributed by atoms with E-state index in [0.29, 0.717) is 6.04 Å². The maximum absolute atomic E-state index is 12.7. The number of hydrogen-bond donors (Lipinski definition) is 1. The highest BCUT2D eigenvalue weighted by molar-refractivity contribution is 5.82. The average molecular weight is 255 g/mol. The van der Waals surface area contributed by atoms with Crippen molar-refractivity contribution in [1.29, 1.82) is 0 Å². The highest BCUT2D eigenvalue weighted by atomic mass is 16.2. The molecule has 0 bridgehead atoms. The van der Waals surface area contributed by atoms with Gasteiger partial charge in [-0.1, -0.05) is 20.8 Å². The van der Waals surface area contributed by atoms with Crippen LogP contribution in [0.1, 0.15) is 34.1 Å². The van der Waals surface area contributed by atoms with Gasteiger partial charge in [0.15, 0.2) is 0 Å². The fourth-order valence-electron chi connectivity index (χ4n) is 2.78. The zero-order valence-electron chi connectivity index (χ0n) is 12.8. The first-order chi connectivity index (χ1) is 8.32. The van der Waals surface area contributed by atoms with Crippen LogP contribution in [-0.2, 0) is 4.79 Å². The Morgan fingerprint density at radius 2 is 2.06 bits per heavy atom. The van der Waals surface area contributed by atoms with Crippen molar-refractivity contribution >= 4 is 5.91 Å². The minimum atomic E-state index is -0.0363. The van der Waals surface area contributed by atoms with Crippen molar-refractivity contribution in [2.45, 2.75) is 46.2 Å². The van der Waals surface area contributed by atoms with Crippen molar-refractivity contribution in [3.8, 4) is 0 Å². The highest BCUT2D eigenvalue weighted by Gasteiger charge is 2.38. The van der Waals surface area contributed by atoms with Crippen molar-refractivity contribution in [2.75, 3.05) is 33.7 Å². The molecule has 4 nitrogen and oxygen atoms in total. The molecule has 1 N–H and O–H groups in total. The van der Waals surface area contributed by atoms with Crippen LogP contribution in [0, 0.1) is 5.41 Å². The second-order valence-corrected chi connectivity index (χ2v) is 6.38. The van der Waals surface area contributed by atoms with E-state index in [9.17, 15) is 4.79 Å². The van der Waals surface area contributed by atoms with Gasteiger partial charge in [0.2, 0.25) is 5.91 Å².